The molecule has 5 heteroatoms. The van der Waals surface area contributed by atoms with Crippen LogP contribution in [0.1, 0.15) is 10.6 Å². The third-order valence-corrected chi connectivity index (χ3v) is 2.54. The maximum atomic E-state index is 11.7. The zero-order valence-corrected chi connectivity index (χ0v) is 10.2. The van der Waals surface area contributed by atoms with Crippen molar-refractivity contribution < 1.29 is 13.9 Å². The van der Waals surface area contributed by atoms with Gasteiger partial charge in [-0.1, -0.05) is 5.92 Å². The Balaban J connectivity index is 2.50. The Morgan fingerprint density at radius 3 is 2.95 bits per heavy atom. The lowest BCUT2D eigenvalue weighted by Gasteiger charge is -2.04. The molecule has 0 aliphatic heterocycles. The second kappa shape index (κ2) is 5.27. The summed E-state index contributed by atoms with van der Waals surface area (Å²) in [5.74, 6) is 2.25. The van der Waals surface area contributed by atoms with Crippen LogP contribution in [0.15, 0.2) is 33.5 Å². The Hall–Kier alpha value is -2.74. The number of carbonyl (C=O) groups is 1. The van der Waals surface area contributed by atoms with Gasteiger partial charge in [-0.05, 0) is 29.7 Å². The fourth-order valence-corrected chi connectivity index (χ4v) is 1.63. The maximum absolute atomic E-state index is 11.7. The highest BCUT2D eigenvalue weighted by atomic mass is 16.5. The molecule has 0 unspecified atom stereocenters. The molecule has 1 aromatic heterocycles. The van der Waals surface area contributed by atoms with Gasteiger partial charge in [0, 0.05) is 0 Å². The fourth-order valence-electron chi connectivity index (χ4n) is 1.63. The molecule has 1 aromatic carbocycles. The Morgan fingerprint density at radius 1 is 1.47 bits per heavy atom. The normalized spacial score (nSPS) is 9.89. The fraction of sp³-hybridized carbons (Fsp3) is 0.143. The summed E-state index contributed by atoms with van der Waals surface area (Å²) in [4.78, 5) is 23.4. The monoisotopic (exact) mass is 257 g/mol. The van der Waals surface area contributed by atoms with Gasteiger partial charge < -0.3 is 14.5 Å². The molecule has 0 spiro atoms. The first-order valence-electron chi connectivity index (χ1n) is 5.49. The van der Waals surface area contributed by atoms with E-state index in [-0.39, 0.29) is 12.3 Å². The van der Waals surface area contributed by atoms with E-state index >= 15 is 0 Å². The first-order valence-corrected chi connectivity index (χ1v) is 5.49. The first kappa shape index (κ1) is 12.7. The van der Waals surface area contributed by atoms with E-state index in [1.54, 1.807) is 18.2 Å². The second-order valence-corrected chi connectivity index (χ2v) is 3.74. The number of nitrogens with one attached hydrogen (secondary N) is 1. The standard InChI is InChI=1S/C14H11NO4/c1-3-6-15-13(16)12-8-9-7-10(18-2)4-5-11(9)14(17)19-12/h1,4-5,7-8H,6H2,2H3,(H,15,16). The smallest absolute Gasteiger partial charge is 0.344 e. The van der Waals surface area contributed by atoms with Crippen molar-refractivity contribution in [3.63, 3.8) is 0 Å². The highest BCUT2D eigenvalue weighted by Gasteiger charge is 2.11. The number of benzene rings is 1. The molecule has 0 aliphatic carbocycles. The maximum Gasteiger partial charge on any atom is 0.344 e. The molecular weight excluding hydrogens is 246 g/mol. The summed E-state index contributed by atoms with van der Waals surface area (Å²) < 4.78 is 10.0. The van der Waals surface area contributed by atoms with Crippen LogP contribution in [0.3, 0.4) is 0 Å². The lowest BCUT2D eigenvalue weighted by molar-refractivity contribution is 0.0927. The van der Waals surface area contributed by atoms with Gasteiger partial charge >= 0.3 is 5.63 Å². The molecule has 0 radical (unpaired) electrons. The third-order valence-electron chi connectivity index (χ3n) is 2.54. The molecule has 1 amide bonds. The van der Waals surface area contributed by atoms with Gasteiger partial charge in [-0.2, -0.15) is 0 Å². The van der Waals surface area contributed by atoms with Crippen LogP contribution in [0, 0.1) is 12.3 Å². The summed E-state index contributed by atoms with van der Waals surface area (Å²) in [5.41, 5.74) is -0.578. The minimum absolute atomic E-state index is 0.0681. The van der Waals surface area contributed by atoms with Gasteiger partial charge in [0.2, 0.25) is 0 Å². The number of ether oxygens (including phenoxy) is 1. The summed E-state index contributed by atoms with van der Waals surface area (Å²) in [5, 5.41) is 3.38. The highest BCUT2D eigenvalue weighted by molar-refractivity contribution is 5.95. The summed E-state index contributed by atoms with van der Waals surface area (Å²) >= 11 is 0. The van der Waals surface area contributed by atoms with Crippen molar-refractivity contribution in [3.8, 4) is 18.1 Å². The van der Waals surface area contributed by atoms with Gasteiger partial charge in [-0.25, -0.2) is 4.79 Å². The van der Waals surface area contributed by atoms with Crippen molar-refractivity contribution in [3.05, 3.63) is 40.4 Å². The molecule has 19 heavy (non-hydrogen) atoms. The average Bonchev–Trinajstić information content (AvgIpc) is 2.43. The van der Waals surface area contributed by atoms with Crippen LogP contribution >= 0.6 is 0 Å². The van der Waals surface area contributed by atoms with E-state index < -0.39 is 11.5 Å². The van der Waals surface area contributed by atoms with Gasteiger partial charge in [-0.15, -0.1) is 6.42 Å². The molecule has 1 N–H and O–H groups in total. The number of hydrogen-bond donors (Lipinski definition) is 1. The first-order chi connectivity index (χ1) is 9.15. The Morgan fingerprint density at radius 2 is 2.26 bits per heavy atom. The van der Waals surface area contributed by atoms with Crippen molar-refractivity contribution in [2.24, 2.45) is 0 Å². The van der Waals surface area contributed by atoms with Crippen LogP contribution < -0.4 is 15.7 Å². The van der Waals surface area contributed by atoms with Gasteiger partial charge in [0.25, 0.3) is 5.91 Å². The Bertz CT molecular complexity index is 724. The van der Waals surface area contributed by atoms with E-state index in [1.807, 2.05) is 0 Å². The largest absolute Gasteiger partial charge is 0.497 e. The van der Waals surface area contributed by atoms with Crippen LogP contribution in [-0.2, 0) is 0 Å². The zero-order valence-electron chi connectivity index (χ0n) is 10.2. The molecule has 96 valence electrons. The SMILES string of the molecule is C#CCNC(=O)c1cc2cc(OC)ccc2c(=O)o1. The molecule has 1 heterocycles. The second-order valence-electron chi connectivity index (χ2n) is 3.74. The zero-order chi connectivity index (χ0) is 13.8. The lowest BCUT2D eigenvalue weighted by atomic mass is 10.1. The van der Waals surface area contributed by atoms with Crippen molar-refractivity contribution in [2.75, 3.05) is 13.7 Å². The summed E-state index contributed by atoms with van der Waals surface area (Å²) in [6, 6.07) is 6.37. The van der Waals surface area contributed by atoms with Crippen LogP contribution in [0.4, 0.5) is 0 Å². The molecule has 0 atom stereocenters. The van der Waals surface area contributed by atoms with Crippen molar-refractivity contribution in [1.82, 2.24) is 5.32 Å². The van der Waals surface area contributed by atoms with E-state index in [0.29, 0.717) is 16.5 Å². The van der Waals surface area contributed by atoms with E-state index in [9.17, 15) is 9.59 Å². The minimum atomic E-state index is -0.578. The predicted octanol–water partition coefficient (Wildman–Crippen LogP) is 1.16. The van der Waals surface area contributed by atoms with Gasteiger partial charge in [0.05, 0.1) is 19.0 Å². The number of amides is 1. The number of rotatable bonds is 3. The Labute approximate surface area is 109 Å². The summed E-state index contributed by atoms with van der Waals surface area (Å²) in [6.07, 6.45) is 5.04. The molecule has 0 bridgehead atoms. The molecule has 2 rings (SSSR count). The van der Waals surface area contributed by atoms with E-state index in [4.69, 9.17) is 15.6 Å². The predicted molar refractivity (Wildman–Crippen MR) is 70.2 cm³/mol. The Kier molecular flexibility index (Phi) is 3.53. The van der Waals surface area contributed by atoms with Crippen molar-refractivity contribution in [2.45, 2.75) is 0 Å². The van der Waals surface area contributed by atoms with Crippen LogP contribution in [0.2, 0.25) is 0 Å². The van der Waals surface area contributed by atoms with E-state index in [0.717, 1.165) is 0 Å². The summed E-state index contributed by atoms with van der Waals surface area (Å²) in [7, 11) is 1.52. The highest BCUT2D eigenvalue weighted by Crippen LogP contribution is 2.19. The average molecular weight is 257 g/mol. The topological polar surface area (TPSA) is 68.5 Å². The molecule has 0 aliphatic rings. The minimum Gasteiger partial charge on any atom is -0.497 e. The third kappa shape index (κ3) is 2.58. The molecule has 0 saturated carbocycles. The van der Waals surface area contributed by atoms with Gasteiger partial charge in [-0.3, -0.25) is 4.79 Å². The van der Waals surface area contributed by atoms with Crippen LogP contribution in [-0.4, -0.2) is 19.6 Å². The molecule has 5 nitrogen and oxygen atoms in total. The van der Waals surface area contributed by atoms with E-state index in [2.05, 4.69) is 11.2 Å². The van der Waals surface area contributed by atoms with Crippen molar-refractivity contribution >= 4 is 16.7 Å². The molecular formula is C14H11NO4. The number of carbonyl (C=O) groups excluding carboxylic acids is 1. The van der Waals surface area contributed by atoms with Crippen LogP contribution in [0.5, 0.6) is 5.75 Å². The quantitative estimate of drug-likeness (QED) is 0.838. The van der Waals surface area contributed by atoms with E-state index in [1.165, 1.54) is 13.2 Å². The van der Waals surface area contributed by atoms with Crippen molar-refractivity contribution in [1.29, 1.82) is 0 Å². The number of terminal acetylenes is 1. The number of methoxy groups -OCH3 is 1. The number of fused-ring (bicyclic) bond motifs is 1. The molecule has 0 fully saturated rings. The lowest BCUT2D eigenvalue weighted by Crippen LogP contribution is -2.24. The van der Waals surface area contributed by atoms with Gasteiger partial charge in [0.1, 0.15) is 5.75 Å². The number of hydrogen-bond acceptors (Lipinski definition) is 4. The molecule has 0 saturated heterocycles. The summed E-state index contributed by atoms with van der Waals surface area (Å²) in [6.45, 7) is 0.0681. The molecule has 2 aromatic rings. The van der Waals surface area contributed by atoms with Crippen LogP contribution in [0.25, 0.3) is 10.8 Å². The van der Waals surface area contributed by atoms with Gasteiger partial charge in [0.15, 0.2) is 5.76 Å².